The van der Waals surface area contributed by atoms with Crippen LogP contribution in [0.25, 0.3) is 0 Å². The lowest BCUT2D eigenvalue weighted by Crippen LogP contribution is -2.66. The number of amides is 1. The zero-order valence-electron chi connectivity index (χ0n) is 13.5. The summed E-state index contributed by atoms with van der Waals surface area (Å²) in [5.74, 6) is 0.726. The molecule has 3 rings (SSSR count). The molecule has 0 radical (unpaired) electrons. The second kappa shape index (κ2) is 5.43. The maximum atomic E-state index is 12.4. The van der Waals surface area contributed by atoms with Crippen molar-refractivity contribution in [3.63, 3.8) is 0 Å². The van der Waals surface area contributed by atoms with E-state index in [-0.39, 0.29) is 11.7 Å². The number of rotatable bonds is 1. The fraction of sp³-hybridized carbons (Fsp3) is 0.938. The monoisotopic (exact) mass is 296 g/mol. The number of carbonyl (C=O) groups is 1. The number of hydrogen-bond donors (Lipinski definition) is 1. The quantitative estimate of drug-likeness (QED) is 0.805. The highest BCUT2D eigenvalue weighted by atomic mass is 16.6. The summed E-state index contributed by atoms with van der Waals surface area (Å²) in [5.41, 5.74) is -0.641. The summed E-state index contributed by atoms with van der Waals surface area (Å²) in [6.45, 7) is 8.84. The van der Waals surface area contributed by atoms with E-state index in [1.807, 2.05) is 25.7 Å². The first-order valence-corrected chi connectivity index (χ1v) is 8.25. The Kier molecular flexibility index (Phi) is 3.91. The molecule has 2 atom stereocenters. The van der Waals surface area contributed by atoms with Crippen molar-refractivity contribution in [2.75, 3.05) is 26.2 Å². The van der Waals surface area contributed by atoms with Crippen LogP contribution in [0.5, 0.6) is 0 Å². The van der Waals surface area contributed by atoms with Crippen LogP contribution in [0.1, 0.15) is 46.5 Å². The van der Waals surface area contributed by atoms with Crippen LogP contribution >= 0.6 is 0 Å². The van der Waals surface area contributed by atoms with Gasteiger partial charge in [-0.25, -0.2) is 4.79 Å². The van der Waals surface area contributed by atoms with Crippen molar-refractivity contribution in [1.29, 1.82) is 0 Å². The highest BCUT2D eigenvalue weighted by Crippen LogP contribution is 2.43. The highest BCUT2D eigenvalue weighted by molar-refractivity contribution is 5.68. The first-order chi connectivity index (χ1) is 9.90. The van der Waals surface area contributed by atoms with Gasteiger partial charge in [-0.05, 0) is 52.4 Å². The van der Waals surface area contributed by atoms with Crippen molar-refractivity contribution in [3.05, 3.63) is 0 Å². The van der Waals surface area contributed by atoms with Crippen molar-refractivity contribution >= 4 is 6.09 Å². The number of hydrogen-bond acceptors (Lipinski definition) is 4. The minimum atomic E-state index is -0.441. The van der Waals surface area contributed by atoms with Crippen molar-refractivity contribution in [1.82, 2.24) is 10.2 Å². The largest absolute Gasteiger partial charge is 0.444 e. The summed E-state index contributed by atoms with van der Waals surface area (Å²) >= 11 is 0. The third-order valence-electron chi connectivity index (χ3n) is 4.65. The molecule has 1 amide bonds. The van der Waals surface area contributed by atoms with Gasteiger partial charge in [0.2, 0.25) is 0 Å². The van der Waals surface area contributed by atoms with Gasteiger partial charge < -0.3 is 19.7 Å². The zero-order chi connectivity index (χ0) is 15.1. The van der Waals surface area contributed by atoms with E-state index in [0.29, 0.717) is 12.6 Å². The van der Waals surface area contributed by atoms with E-state index in [4.69, 9.17) is 9.47 Å². The van der Waals surface area contributed by atoms with E-state index in [1.54, 1.807) is 0 Å². The van der Waals surface area contributed by atoms with Crippen molar-refractivity contribution in [3.8, 4) is 0 Å². The van der Waals surface area contributed by atoms with Gasteiger partial charge >= 0.3 is 6.09 Å². The molecule has 0 bridgehead atoms. The number of piperidine rings is 1. The van der Waals surface area contributed by atoms with E-state index >= 15 is 0 Å². The highest BCUT2D eigenvalue weighted by Gasteiger charge is 2.51. The number of carbonyl (C=O) groups excluding carboxylic acids is 1. The first kappa shape index (κ1) is 15.1. The van der Waals surface area contributed by atoms with E-state index in [9.17, 15) is 4.79 Å². The Bertz CT molecular complexity index is 399. The molecule has 1 N–H and O–H groups in total. The van der Waals surface area contributed by atoms with Gasteiger partial charge in [0.1, 0.15) is 11.2 Å². The third kappa shape index (κ3) is 3.34. The van der Waals surface area contributed by atoms with Gasteiger partial charge in [-0.2, -0.15) is 0 Å². The van der Waals surface area contributed by atoms with Crippen LogP contribution in [-0.2, 0) is 9.47 Å². The first-order valence-electron chi connectivity index (χ1n) is 8.25. The molecule has 5 heteroatoms. The lowest BCUT2D eigenvalue weighted by molar-refractivity contribution is -0.135. The van der Waals surface area contributed by atoms with Crippen LogP contribution in [0.2, 0.25) is 0 Å². The molecule has 0 aromatic carbocycles. The molecule has 1 aliphatic carbocycles. The lowest BCUT2D eigenvalue weighted by atomic mass is 9.82. The van der Waals surface area contributed by atoms with Gasteiger partial charge in [0, 0.05) is 19.1 Å². The second-order valence-corrected chi connectivity index (χ2v) is 7.69. The van der Waals surface area contributed by atoms with Crippen molar-refractivity contribution in [2.24, 2.45) is 5.92 Å². The fourth-order valence-electron chi connectivity index (χ4n) is 3.67. The number of likely N-dealkylation sites (tertiary alicyclic amines) is 1. The van der Waals surface area contributed by atoms with Gasteiger partial charge in [0.05, 0.1) is 13.2 Å². The smallest absolute Gasteiger partial charge is 0.410 e. The minimum Gasteiger partial charge on any atom is -0.444 e. The number of nitrogens with zero attached hydrogens (tertiary/aromatic N) is 1. The molecular formula is C16H28N2O3. The van der Waals surface area contributed by atoms with E-state index in [2.05, 4.69) is 5.32 Å². The molecule has 120 valence electrons. The summed E-state index contributed by atoms with van der Waals surface area (Å²) in [4.78, 5) is 14.2. The SMILES string of the molecule is CC(C)(C)OC(=O)N1CCCC2(C1)OCCNC2C1CC1. The molecule has 1 saturated carbocycles. The number of ether oxygens (including phenoxy) is 2. The van der Waals surface area contributed by atoms with Crippen LogP contribution in [0, 0.1) is 5.92 Å². The molecule has 5 nitrogen and oxygen atoms in total. The summed E-state index contributed by atoms with van der Waals surface area (Å²) in [6, 6.07) is 0.400. The molecule has 2 saturated heterocycles. The van der Waals surface area contributed by atoms with E-state index in [1.165, 1.54) is 12.8 Å². The molecule has 3 aliphatic rings. The molecule has 3 fully saturated rings. The average Bonchev–Trinajstić information content (AvgIpc) is 3.22. The summed E-state index contributed by atoms with van der Waals surface area (Å²) in [6.07, 6.45) is 4.40. The summed E-state index contributed by atoms with van der Waals surface area (Å²) < 4.78 is 11.8. The normalized spacial score (nSPS) is 34.0. The molecule has 0 aromatic rings. The van der Waals surface area contributed by atoms with Crippen molar-refractivity contribution < 1.29 is 14.3 Å². The van der Waals surface area contributed by atoms with E-state index in [0.717, 1.165) is 38.5 Å². The van der Waals surface area contributed by atoms with Crippen LogP contribution in [-0.4, -0.2) is 54.5 Å². The average molecular weight is 296 g/mol. The summed E-state index contributed by atoms with van der Waals surface area (Å²) in [5, 5.41) is 3.65. The topological polar surface area (TPSA) is 50.8 Å². The fourth-order valence-corrected chi connectivity index (χ4v) is 3.67. The number of nitrogens with one attached hydrogen (secondary N) is 1. The molecule has 2 heterocycles. The predicted octanol–water partition coefficient (Wildman–Crippen LogP) is 2.15. The van der Waals surface area contributed by atoms with Crippen LogP contribution < -0.4 is 5.32 Å². The Balaban J connectivity index is 1.70. The maximum absolute atomic E-state index is 12.4. The van der Waals surface area contributed by atoms with Gasteiger partial charge in [0.15, 0.2) is 0 Å². The zero-order valence-corrected chi connectivity index (χ0v) is 13.5. The molecule has 21 heavy (non-hydrogen) atoms. The Hall–Kier alpha value is -0.810. The molecule has 0 aromatic heterocycles. The Morgan fingerprint density at radius 1 is 1.38 bits per heavy atom. The number of morpholine rings is 1. The van der Waals surface area contributed by atoms with Crippen LogP contribution in [0.15, 0.2) is 0 Å². The van der Waals surface area contributed by atoms with Gasteiger partial charge in [-0.15, -0.1) is 0 Å². The molecule has 2 aliphatic heterocycles. The minimum absolute atomic E-state index is 0.200. The van der Waals surface area contributed by atoms with Gasteiger partial charge in [0.25, 0.3) is 0 Å². The Labute approximate surface area is 127 Å². The third-order valence-corrected chi connectivity index (χ3v) is 4.65. The Morgan fingerprint density at radius 2 is 2.14 bits per heavy atom. The van der Waals surface area contributed by atoms with E-state index < -0.39 is 5.60 Å². The standard InChI is InChI=1S/C16H28N2O3/c1-15(2,3)21-14(19)18-9-4-7-16(11-18)13(12-5-6-12)17-8-10-20-16/h12-13,17H,4-11H2,1-3H3. The molecule has 1 spiro atoms. The van der Waals surface area contributed by atoms with Gasteiger partial charge in [-0.3, -0.25) is 0 Å². The van der Waals surface area contributed by atoms with Crippen LogP contribution in [0.4, 0.5) is 4.79 Å². The predicted molar refractivity (Wildman–Crippen MR) is 80.2 cm³/mol. The van der Waals surface area contributed by atoms with Crippen molar-refractivity contribution in [2.45, 2.75) is 63.7 Å². The second-order valence-electron chi connectivity index (χ2n) is 7.69. The molecular weight excluding hydrogens is 268 g/mol. The Morgan fingerprint density at radius 3 is 2.81 bits per heavy atom. The van der Waals surface area contributed by atoms with Crippen LogP contribution in [0.3, 0.4) is 0 Å². The van der Waals surface area contributed by atoms with Gasteiger partial charge in [-0.1, -0.05) is 0 Å². The lowest BCUT2D eigenvalue weighted by Gasteiger charge is -2.50. The maximum Gasteiger partial charge on any atom is 0.410 e. The molecule has 2 unspecified atom stereocenters. The summed E-state index contributed by atoms with van der Waals surface area (Å²) in [7, 11) is 0.